The van der Waals surface area contributed by atoms with E-state index in [1.54, 1.807) is 12.1 Å². The van der Waals surface area contributed by atoms with Crippen LogP contribution >= 0.6 is 0 Å². The molecule has 1 aromatic carbocycles. The van der Waals surface area contributed by atoms with Crippen LogP contribution < -0.4 is 5.32 Å². The third-order valence-electron chi connectivity index (χ3n) is 3.85. The third kappa shape index (κ3) is 4.42. The Morgan fingerprint density at radius 1 is 1.23 bits per heavy atom. The van der Waals surface area contributed by atoms with Crippen LogP contribution in [0.1, 0.15) is 12.5 Å². The van der Waals surface area contributed by atoms with Crippen LogP contribution in [-0.2, 0) is 6.42 Å². The van der Waals surface area contributed by atoms with Gasteiger partial charge in [0.15, 0.2) is 0 Å². The number of nitro groups is 1. The second kappa shape index (κ2) is 7.74. The zero-order chi connectivity index (χ0) is 15.9. The highest BCUT2D eigenvalue weighted by Crippen LogP contribution is 2.13. The van der Waals surface area contributed by atoms with Gasteiger partial charge in [-0.2, -0.15) is 0 Å². The van der Waals surface area contributed by atoms with Crippen LogP contribution in [0.2, 0.25) is 0 Å². The van der Waals surface area contributed by atoms with Gasteiger partial charge in [0.2, 0.25) is 0 Å². The van der Waals surface area contributed by atoms with Crippen molar-refractivity contribution in [3.05, 3.63) is 39.9 Å². The smallest absolute Gasteiger partial charge is 0.317 e. The molecule has 0 bridgehead atoms. The second-order valence-corrected chi connectivity index (χ2v) is 5.34. The predicted octanol–water partition coefficient (Wildman–Crippen LogP) is 1.48. The van der Waals surface area contributed by atoms with E-state index in [0.29, 0.717) is 6.54 Å². The Kier molecular flexibility index (Phi) is 5.71. The lowest BCUT2D eigenvalue weighted by Crippen LogP contribution is -2.52. The van der Waals surface area contributed by atoms with Crippen molar-refractivity contribution in [2.24, 2.45) is 0 Å². The summed E-state index contributed by atoms with van der Waals surface area (Å²) in [6.45, 7) is 6.69. The van der Waals surface area contributed by atoms with E-state index in [0.717, 1.165) is 44.7 Å². The minimum atomic E-state index is -0.385. The first-order valence-electron chi connectivity index (χ1n) is 7.58. The zero-order valence-electron chi connectivity index (χ0n) is 12.8. The summed E-state index contributed by atoms with van der Waals surface area (Å²) in [5, 5.41) is 13.4. The minimum absolute atomic E-state index is 0.0116. The van der Waals surface area contributed by atoms with Crippen LogP contribution in [0.15, 0.2) is 24.3 Å². The number of urea groups is 1. The fourth-order valence-electron chi connectivity index (χ4n) is 2.51. The molecule has 1 saturated heterocycles. The molecule has 0 unspecified atom stereocenters. The molecular weight excluding hydrogens is 284 g/mol. The molecule has 7 nitrogen and oxygen atoms in total. The number of nitro benzene ring substituents is 1. The molecule has 1 aromatic rings. The molecule has 1 fully saturated rings. The molecule has 1 heterocycles. The number of amides is 2. The van der Waals surface area contributed by atoms with E-state index in [1.165, 1.54) is 0 Å². The fraction of sp³-hybridized carbons (Fsp3) is 0.533. The highest BCUT2D eigenvalue weighted by molar-refractivity contribution is 5.74. The van der Waals surface area contributed by atoms with Gasteiger partial charge in [-0.3, -0.25) is 15.0 Å². The average Bonchev–Trinajstić information content (AvgIpc) is 2.54. The Hall–Kier alpha value is -2.15. The summed E-state index contributed by atoms with van der Waals surface area (Å²) in [4.78, 5) is 26.1. The van der Waals surface area contributed by atoms with Crippen molar-refractivity contribution in [3.63, 3.8) is 0 Å². The molecule has 22 heavy (non-hydrogen) atoms. The van der Waals surface area contributed by atoms with Crippen LogP contribution in [0.5, 0.6) is 0 Å². The van der Waals surface area contributed by atoms with Crippen molar-refractivity contribution in [1.29, 1.82) is 0 Å². The van der Waals surface area contributed by atoms with Gasteiger partial charge in [0.1, 0.15) is 0 Å². The molecule has 0 spiro atoms. The van der Waals surface area contributed by atoms with E-state index in [2.05, 4.69) is 10.2 Å². The molecule has 1 aliphatic rings. The van der Waals surface area contributed by atoms with Crippen molar-refractivity contribution < 1.29 is 9.72 Å². The van der Waals surface area contributed by atoms with Crippen LogP contribution in [0, 0.1) is 10.1 Å². The number of benzene rings is 1. The van der Waals surface area contributed by atoms with Crippen LogP contribution in [0.4, 0.5) is 10.5 Å². The van der Waals surface area contributed by atoms with E-state index in [4.69, 9.17) is 0 Å². The standard InChI is InChI=1S/C15H22N4O3/c1-2-16-15(20)18-11-9-17(10-12-18)8-7-13-3-5-14(6-4-13)19(21)22/h3-6H,2,7-12H2,1H3,(H,16,20). The maximum Gasteiger partial charge on any atom is 0.317 e. The van der Waals surface area contributed by atoms with Crippen LogP contribution in [0.25, 0.3) is 0 Å². The van der Waals surface area contributed by atoms with Gasteiger partial charge < -0.3 is 10.2 Å². The van der Waals surface area contributed by atoms with Gasteiger partial charge in [-0.1, -0.05) is 12.1 Å². The molecule has 0 atom stereocenters. The van der Waals surface area contributed by atoms with Crippen molar-refractivity contribution >= 4 is 11.7 Å². The van der Waals surface area contributed by atoms with Gasteiger partial charge in [-0.15, -0.1) is 0 Å². The summed E-state index contributed by atoms with van der Waals surface area (Å²) in [5.74, 6) is 0. The maximum absolute atomic E-state index is 11.7. The van der Waals surface area contributed by atoms with Crippen LogP contribution in [0.3, 0.4) is 0 Å². The van der Waals surface area contributed by atoms with E-state index in [-0.39, 0.29) is 16.6 Å². The Balaban J connectivity index is 1.74. The zero-order valence-corrected chi connectivity index (χ0v) is 12.8. The Morgan fingerprint density at radius 2 is 1.86 bits per heavy atom. The fourth-order valence-corrected chi connectivity index (χ4v) is 2.51. The highest BCUT2D eigenvalue weighted by Gasteiger charge is 2.20. The predicted molar refractivity (Wildman–Crippen MR) is 83.9 cm³/mol. The Morgan fingerprint density at radius 3 is 2.41 bits per heavy atom. The highest BCUT2D eigenvalue weighted by atomic mass is 16.6. The average molecular weight is 306 g/mol. The molecule has 1 N–H and O–H groups in total. The molecule has 0 radical (unpaired) electrons. The summed E-state index contributed by atoms with van der Waals surface area (Å²) < 4.78 is 0. The molecule has 0 aromatic heterocycles. The SMILES string of the molecule is CCNC(=O)N1CCN(CCc2ccc([N+](=O)[O-])cc2)CC1. The van der Waals surface area contributed by atoms with E-state index < -0.39 is 0 Å². The summed E-state index contributed by atoms with van der Waals surface area (Å²) in [5.41, 5.74) is 1.22. The first-order valence-corrected chi connectivity index (χ1v) is 7.58. The minimum Gasteiger partial charge on any atom is -0.338 e. The lowest BCUT2D eigenvalue weighted by atomic mass is 10.1. The molecule has 0 saturated carbocycles. The summed E-state index contributed by atoms with van der Waals surface area (Å²) in [6.07, 6.45) is 0.860. The third-order valence-corrected chi connectivity index (χ3v) is 3.85. The Labute approximate surface area is 130 Å². The van der Waals surface area contributed by atoms with Gasteiger partial charge in [0.25, 0.3) is 5.69 Å². The topological polar surface area (TPSA) is 78.7 Å². The summed E-state index contributed by atoms with van der Waals surface area (Å²) in [7, 11) is 0. The molecule has 2 rings (SSSR count). The van der Waals surface area contributed by atoms with E-state index >= 15 is 0 Å². The number of nitrogens with one attached hydrogen (secondary N) is 1. The van der Waals surface area contributed by atoms with Gasteiger partial charge >= 0.3 is 6.03 Å². The van der Waals surface area contributed by atoms with Crippen molar-refractivity contribution in [2.75, 3.05) is 39.3 Å². The molecular formula is C15H22N4O3. The molecule has 120 valence electrons. The van der Waals surface area contributed by atoms with Crippen molar-refractivity contribution in [1.82, 2.24) is 15.1 Å². The van der Waals surface area contributed by atoms with Gasteiger partial charge in [-0.25, -0.2) is 4.79 Å². The Bertz CT molecular complexity index is 510. The summed E-state index contributed by atoms with van der Waals surface area (Å²) in [6, 6.07) is 6.72. The quantitative estimate of drug-likeness (QED) is 0.660. The second-order valence-electron chi connectivity index (χ2n) is 5.34. The van der Waals surface area contributed by atoms with Crippen molar-refractivity contribution in [3.8, 4) is 0 Å². The van der Waals surface area contributed by atoms with Gasteiger partial charge in [0, 0.05) is 51.4 Å². The number of non-ortho nitro benzene ring substituents is 1. The van der Waals surface area contributed by atoms with Crippen LogP contribution in [-0.4, -0.2) is 60.0 Å². The van der Waals surface area contributed by atoms with E-state index in [1.807, 2.05) is 24.0 Å². The largest absolute Gasteiger partial charge is 0.338 e. The number of nitrogens with zero attached hydrogens (tertiary/aromatic N) is 3. The normalized spacial score (nSPS) is 15.6. The molecule has 7 heteroatoms. The monoisotopic (exact) mass is 306 g/mol. The number of hydrogen-bond donors (Lipinski definition) is 1. The number of hydrogen-bond acceptors (Lipinski definition) is 4. The maximum atomic E-state index is 11.7. The number of carbonyl (C=O) groups is 1. The first-order chi connectivity index (χ1) is 10.6. The summed E-state index contributed by atoms with van der Waals surface area (Å²) >= 11 is 0. The number of piperazine rings is 1. The van der Waals surface area contributed by atoms with Gasteiger partial charge in [-0.05, 0) is 18.9 Å². The van der Waals surface area contributed by atoms with Gasteiger partial charge in [0.05, 0.1) is 4.92 Å². The van der Waals surface area contributed by atoms with E-state index in [9.17, 15) is 14.9 Å². The van der Waals surface area contributed by atoms with Crippen molar-refractivity contribution in [2.45, 2.75) is 13.3 Å². The molecule has 2 amide bonds. The molecule has 1 aliphatic heterocycles. The number of carbonyl (C=O) groups excluding carboxylic acids is 1. The first kappa shape index (κ1) is 16.2. The lowest BCUT2D eigenvalue weighted by molar-refractivity contribution is -0.384. The number of rotatable bonds is 5. The lowest BCUT2D eigenvalue weighted by Gasteiger charge is -2.34. The molecule has 0 aliphatic carbocycles.